The number of benzene rings is 2. The zero-order valence-electron chi connectivity index (χ0n) is 15.9. The van der Waals surface area contributed by atoms with Gasteiger partial charge in [-0.3, -0.25) is 4.79 Å². The lowest BCUT2D eigenvalue weighted by molar-refractivity contribution is -0.113. The summed E-state index contributed by atoms with van der Waals surface area (Å²) in [6, 6.07) is 15.4. The first-order chi connectivity index (χ1) is 13.9. The van der Waals surface area contributed by atoms with Gasteiger partial charge in [0.25, 0.3) is 5.95 Å². The number of nitrogen functional groups attached to an aromatic ring is 1. The number of aromatic nitrogens is 3. The molecule has 8 nitrogen and oxygen atoms in total. The van der Waals surface area contributed by atoms with Gasteiger partial charge in [-0.05, 0) is 43.7 Å². The Labute approximate surface area is 181 Å². The Morgan fingerprint density at radius 1 is 1.17 bits per heavy atom. The Hall–Kier alpha value is -2.85. The van der Waals surface area contributed by atoms with Crippen LogP contribution in [0.3, 0.4) is 0 Å². The second-order valence-electron chi connectivity index (χ2n) is 6.19. The van der Waals surface area contributed by atoms with Crippen LogP contribution in [0, 0.1) is 6.92 Å². The first-order valence-corrected chi connectivity index (χ1v) is 10.5. The molecule has 0 spiro atoms. The molecule has 1 aromatic heterocycles. The number of nitrogens with zero attached hydrogens (tertiary/aromatic N) is 4. The monoisotopic (exact) mass is 473 g/mol. The van der Waals surface area contributed by atoms with E-state index in [0.29, 0.717) is 5.16 Å². The standard InChI is InChI=1S/C19H20BrN7OS/c1-12-3-9-16(10-4-12)22-17(28)11-29-19-26-25-18(27(19)21)24-23-13(2)14-5-7-15(20)8-6-14/h3-10H,11,21H2,1-2H3,(H,22,28)(H,24,25)/b23-13+. The predicted octanol–water partition coefficient (Wildman–Crippen LogP) is 3.63. The Balaban J connectivity index is 1.56. The molecule has 0 fully saturated rings. The van der Waals surface area contributed by atoms with Crippen LogP contribution in [0.5, 0.6) is 0 Å². The highest BCUT2D eigenvalue weighted by atomic mass is 79.9. The fourth-order valence-electron chi connectivity index (χ4n) is 2.31. The van der Waals surface area contributed by atoms with Gasteiger partial charge in [0.15, 0.2) is 0 Å². The maximum atomic E-state index is 12.1. The van der Waals surface area contributed by atoms with Gasteiger partial charge in [0.05, 0.1) is 11.5 Å². The number of rotatable bonds is 7. The number of carbonyl (C=O) groups excluding carboxylic acids is 1. The molecular formula is C19H20BrN7OS. The van der Waals surface area contributed by atoms with Crippen molar-refractivity contribution in [2.75, 3.05) is 22.3 Å². The molecule has 2 aromatic carbocycles. The van der Waals surface area contributed by atoms with E-state index >= 15 is 0 Å². The highest BCUT2D eigenvalue weighted by Crippen LogP contribution is 2.18. The fourth-order valence-corrected chi connectivity index (χ4v) is 3.23. The van der Waals surface area contributed by atoms with Gasteiger partial charge in [0.1, 0.15) is 0 Å². The van der Waals surface area contributed by atoms with Crippen LogP contribution in [0.4, 0.5) is 11.6 Å². The molecule has 3 aromatic rings. The van der Waals surface area contributed by atoms with E-state index in [1.54, 1.807) is 0 Å². The lowest BCUT2D eigenvalue weighted by Gasteiger charge is -2.06. The molecule has 0 radical (unpaired) electrons. The maximum absolute atomic E-state index is 12.1. The highest BCUT2D eigenvalue weighted by molar-refractivity contribution is 9.10. The SMILES string of the molecule is C/C(=N\Nc1nnc(SCC(=O)Nc2ccc(C)cc2)n1N)c1ccc(Br)cc1. The van der Waals surface area contributed by atoms with Crippen molar-refractivity contribution in [3.05, 3.63) is 64.1 Å². The molecule has 0 aliphatic heterocycles. The third kappa shape index (κ3) is 5.81. The third-order valence-corrected chi connectivity index (χ3v) is 5.39. The molecule has 10 heteroatoms. The zero-order chi connectivity index (χ0) is 20.8. The highest BCUT2D eigenvalue weighted by Gasteiger charge is 2.12. The number of carbonyl (C=O) groups is 1. The number of thioether (sulfide) groups is 1. The summed E-state index contributed by atoms with van der Waals surface area (Å²) in [4.78, 5) is 12.1. The first kappa shape index (κ1) is 20.9. The number of anilines is 2. The van der Waals surface area contributed by atoms with Crippen LogP contribution in [-0.4, -0.2) is 32.2 Å². The van der Waals surface area contributed by atoms with E-state index < -0.39 is 0 Å². The minimum absolute atomic E-state index is 0.152. The van der Waals surface area contributed by atoms with Crippen molar-refractivity contribution < 1.29 is 4.79 Å². The van der Waals surface area contributed by atoms with E-state index in [1.807, 2.05) is 62.4 Å². The molecule has 0 aliphatic rings. The van der Waals surface area contributed by atoms with Crippen molar-refractivity contribution in [1.29, 1.82) is 0 Å². The molecule has 0 aliphatic carbocycles. The summed E-state index contributed by atoms with van der Waals surface area (Å²) < 4.78 is 2.26. The third-order valence-electron chi connectivity index (χ3n) is 3.92. The minimum Gasteiger partial charge on any atom is -0.334 e. The molecule has 3 rings (SSSR count). The van der Waals surface area contributed by atoms with Crippen molar-refractivity contribution in [2.24, 2.45) is 5.10 Å². The van der Waals surface area contributed by atoms with Gasteiger partial charge in [-0.2, -0.15) is 5.10 Å². The molecule has 0 bridgehead atoms. The number of hydrogen-bond acceptors (Lipinski definition) is 7. The van der Waals surface area contributed by atoms with Gasteiger partial charge in [-0.25, -0.2) is 10.1 Å². The van der Waals surface area contributed by atoms with Crippen molar-refractivity contribution in [2.45, 2.75) is 19.0 Å². The van der Waals surface area contributed by atoms with E-state index in [9.17, 15) is 4.79 Å². The van der Waals surface area contributed by atoms with E-state index in [4.69, 9.17) is 5.84 Å². The van der Waals surface area contributed by atoms with E-state index in [1.165, 1.54) is 16.4 Å². The molecule has 1 amide bonds. The molecule has 4 N–H and O–H groups in total. The normalized spacial score (nSPS) is 11.3. The summed E-state index contributed by atoms with van der Waals surface area (Å²) in [6.07, 6.45) is 0. The number of aryl methyl sites for hydroxylation is 1. The van der Waals surface area contributed by atoms with Gasteiger partial charge >= 0.3 is 0 Å². The zero-order valence-corrected chi connectivity index (χ0v) is 18.3. The number of nitrogens with two attached hydrogens (primary N) is 1. The van der Waals surface area contributed by atoms with Crippen molar-refractivity contribution in [1.82, 2.24) is 14.9 Å². The topological polar surface area (TPSA) is 110 Å². The first-order valence-electron chi connectivity index (χ1n) is 8.68. The van der Waals surface area contributed by atoms with E-state index in [-0.39, 0.29) is 17.6 Å². The van der Waals surface area contributed by atoms with Crippen LogP contribution >= 0.6 is 27.7 Å². The molecular weight excluding hydrogens is 454 g/mol. The molecule has 0 saturated heterocycles. The number of halogens is 1. The summed E-state index contributed by atoms with van der Waals surface area (Å²) in [7, 11) is 0. The van der Waals surface area contributed by atoms with Crippen LogP contribution in [0.2, 0.25) is 0 Å². The van der Waals surface area contributed by atoms with Crippen LogP contribution in [-0.2, 0) is 4.79 Å². The van der Waals surface area contributed by atoms with Gasteiger partial charge in [0, 0.05) is 10.2 Å². The smallest absolute Gasteiger partial charge is 0.264 e. The summed E-state index contributed by atoms with van der Waals surface area (Å²) >= 11 is 4.59. The second-order valence-corrected chi connectivity index (χ2v) is 8.05. The lowest BCUT2D eigenvalue weighted by atomic mass is 10.1. The molecule has 150 valence electrons. The number of hydrazone groups is 1. The van der Waals surface area contributed by atoms with Crippen LogP contribution in [0.15, 0.2) is 63.3 Å². The quantitative estimate of drug-likeness (QED) is 0.209. The van der Waals surface area contributed by atoms with Crippen molar-refractivity contribution >= 4 is 50.9 Å². The average Bonchev–Trinajstić information content (AvgIpc) is 3.06. The number of amides is 1. The Morgan fingerprint density at radius 2 is 1.86 bits per heavy atom. The maximum Gasteiger partial charge on any atom is 0.264 e. The van der Waals surface area contributed by atoms with Crippen molar-refractivity contribution in [3.8, 4) is 0 Å². The Kier molecular flexibility index (Phi) is 6.89. The minimum atomic E-state index is -0.152. The Morgan fingerprint density at radius 3 is 2.55 bits per heavy atom. The van der Waals surface area contributed by atoms with Gasteiger partial charge < -0.3 is 11.2 Å². The summed E-state index contributed by atoms with van der Waals surface area (Å²) in [5.74, 6) is 6.29. The second kappa shape index (κ2) is 9.57. The van der Waals surface area contributed by atoms with E-state index in [0.717, 1.165) is 27.0 Å². The molecule has 0 unspecified atom stereocenters. The summed E-state index contributed by atoms with van der Waals surface area (Å²) in [5, 5.41) is 15.5. The fraction of sp³-hybridized carbons (Fsp3) is 0.158. The molecule has 0 saturated carbocycles. The van der Waals surface area contributed by atoms with Gasteiger partial charge in [-0.15, -0.1) is 10.2 Å². The predicted molar refractivity (Wildman–Crippen MR) is 121 cm³/mol. The molecule has 29 heavy (non-hydrogen) atoms. The van der Waals surface area contributed by atoms with Crippen molar-refractivity contribution in [3.63, 3.8) is 0 Å². The summed E-state index contributed by atoms with van der Waals surface area (Å²) in [6.45, 7) is 3.87. The summed E-state index contributed by atoms with van der Waals surface area (Å²) in [5.41, 5.74) is 6.42. The van der Waals surface area contributed by atoms with Crippen LogP contribution < -0.4 is 16.6 Å². The lowest BCUT2D eigenvalue weighted by Crippen LogP contribution is -2.17. The van der Waals surface area contributed by atoms with Crippen LogP contribution in [0.1, 0.15) is 18.1 Å². The number of hydrogen-bond donors (Lipinski definition) is 3. The molecule has 0 atom stereocenters. The largest absolute Gasteiger partial charge is 0.334 e. The average molecular weight is 474 g/mol. The number of nitrogens with one attached hydrogen (secondary N) is 2. The van der Waals surface area contributed by atoms with Crippen LogP contribution in [0.25, 0.3) is 0 Å². The molecule has 1 heterocycles. The Bertz CT molecular complexity index is 1020. The van der Waals surface area contributed by atoms with Gasteiger partial charge in [-0.1, -0.05) is 57.5 Å². The van der Waals surface area contributed by atoms with Gasteiger partial charge in [0.2, 0.25) is 11.1 Å². The van der Waals surface area contributed by atoms with E-state index in [2.05, 4.69) is 42.0 Å².